The van der Waals surface area contributed by atoms with E-state index in [0.717, 1.165) is 25.1 Å². The predicted molar refractivity (Wildman–Crippen MR) is 53.4 cm³/mol. The predicted octanol–water partition coefficient (Wildman–Crippen LogP) is 2.72. The molecule has 0 saturated carbocycles. The van der Waals surface area contributed by atoms with Crippen molar-refractivity contribution in [2.45, 2.75) is 39.7 Å². The maximum atomic E-state index is 8.86. The molecular weight excluding hydrogens is 160 g/mol. The summed E-state index contributed by atoms with van der Waals surface area (Å²) in [6, 6.07) is 4.20. The molecule has 1 rings (SSSR count). The van der Waals surface area contributed by atoms with Gasteiger partial charge in [-0.3, -0.25) is 0 Å². The average molecular weight is 176 g/mol. The normalized spacial score (nSPS) is 9.92. The van der Waals surface area contributed by atoms with E-state index in [1.54, 1.807) is 0 Å². The minimum Gasteiger partial charge on any atom is -0.339 e. The number of hydrogen-bond acceptors (Lipinski definition) is 1. The molecule has 1 aromatic rings. The fourth-order valence-corrected chi connectivity index (χ4v) is 1.37. The standard InChI is InChI=1S/C11H16N2/c1-3-5-6-13-9-10(4-2)7-11(13)8-12/h7,9H,3-6H2,1-2H3. The summed E-state index contributed by atoms with van der Waals surface area (Å²) in [5, 5.41) is 8.86. The molecule has 0 aromatic carbocycles. The number of aryl methyl sites for hydroxylation is 2. The van der Waals surface area contributed by atoms with Crippen LogP contribution in [0.3, 0.4) is 0 Å². The SMILES string of the molecule is CCCCn1cc(CC)cc1C#N. The van der Waals surface area contributed by atoms with Gasteiger partial charge in [-0.1, -0.05) is 20.3 Å². The van der Waals surface area contributed by atoms with Crippen LogP contribution in [-0.2, 0) is 13.0 Å². The van der Waals surface area contributed by atoms with Gasteiger partial charge in [0, 0.05) is 12.7 Å². The van der Waals surface area contributed by atoms with Gasteiger partial charge in [0.05, 0.1) is 0 Å². The smallest absolute Gasteiger partial charge is 0.120 e. The maximum Gasteiger partial charge on any atom is 0.120 e. The van der Waals surface area contributed by atoms with Gasteiger partial charge in [0.1, 0.15) is 11.8 Å². The van der Waals surface area contributed by atoms with Crippen LogP contribution >= 0.6 is 0 Å². The van der Waals surface area contributed by atoms with Crippen LogP contribution in [0.25, 0.3) is 0 Å². The van der Waals surface area contributed by atoms with Gasteiger partial charge in [-0.05, 0) is 24.5 Å². The molecule has 2 heteroatoms. The largest absolute Gasteiger partial charge is 0.339 e. The molecule has 0 aliphatic rings. The van der Waals surface area contributed by atoms with E-state index < -0.39 is 0 Å². The number of aromatic nitrogens is 1. The Balaban J connectivity index is 2.79. The van der Waals surface area contributed by atoms with Crippen molar-refractivity contribution in [1.82, 2.24) is 4.57 Å². The fraction of sp³-hybridized carbons (Fsp3) is 0.545. The topological polar surface area (TPSA) is 28.7 Å². The zero-order valence-electron chi connectivity index (χ0n) is 8.38. The van der Waals surface area contributed by atoms with E-state index in [-0.39, 0.29) is 0 Å². The second-order valence-electron chi connectivity index (χ2n) is 3.25. The van der Waals surface area contributed by atoms with Crippen molar-refractivity contribution >= 4 is 0 Å². The van der Waals surface area contributed by atoms with Crippen molar-refractivity contribution in [1.29, 1.82) is 5.26 Å². The van der Waals surface area contributed by atoms with Gasteiger partial charge in [0.15, 0.2) is 0 Å². The minimum atomic E-state index is 0.797. The zero-order valence-corrected chi connectivity index (χ0v) is 8.38. The molecule has 0 N–H and O–H groups in total. The first-order valence-corrected chi connectivity index (χ1v) is 4.91. The lowest BCUT2D eigenvalue weighted by atomic mass is 10.2. The lowest BCUT2D eigenvalue weighted by molar-refractivity contribution is 0.628. The van der Waals surface area contributed by atoms with Crippen LogP contribution in [0.15, 0.2) is 12.3 Å². The molecular formula is C11H16N2. The molecule has 0 aliphatic heterocycles. The third kappa shape index (κ3) is 2.35. The number of rotatable bonds is 4. The molecule has 1 heterocycles. The highest BCUT2D eigenvalue weighted by Crippen LogP contribution is 2.09. The van der Waals surface area contributed by atoms with Crippen molar-refractivity contribution in [3.63, 3.8) is 0 Å². The summed E-state index contributed by atoms with van der Waals surface area (Å²) >= 11 is 0. The van der Waals surface area contributed by atoms with Crippen LogP contribution in [0, 0.1) is 11.3 Å². The quantitative estimate of drug-likeness (QED) is 0.693. The van der Waals surface area contributed by atoms with E-state index >= 15 is 0 Å². The van der Waals surface area contributed by atoms with Crippen molar-refractivity contribution in [3.8, 4) is 6.07 Å². The van der Waals surface area contributed by atoms with Crippen molar-refractivity contribution in [3.05, 3.63) is 23.5 Å². The third-order valence-corrected chi connectivity index (χ3v) is 2.23. The Bertz CT molecular complexity index is 304. The summed E-state index contributed by atoms with van der Waals surface area (Å²) in [5.74, 6) is 0. The van der Waals surface area contributed by atoms with Gasteiger partial charge >= 0.3 is 0 Å². The van der Waals surface area contributed by atoms with E-state index in [1.807, 2.05) is 6.07 Å². The maximum absolute atomic E-state index is 8.86. The number of nitrogens with zero attached hydrogens (tertiary/aromatic N) is 2. The van der Waals surface area contributed by atoms with Crippen LogP contribution < -0.4 is 0 Å². The molecule has 0 saturated heterocycles. The number of hydrogen-bond donors (Lipinski definition) is 0. The summed E-state index contributed by atoms with van der Waals surface area (Å²) in [5.41, 5.74) is 2.05. The summed E-state index contributed by atoms with van der Waals surface area (Å²) < 4.78 is 2.06. The lowest BCUT2D eigenvalue weighted by Gasteiger charge is -2.01. The molecule has 0 fully saturated rings. The van der Waals surface area contributed by atoms with Crippen LogP contribution in [0.5, 0.6) is 0 Å². The lowest BCUT2D eigenvalue weighted by Crippen LogP contribution is -1.98. The number of unbranched alkanes of at least 4 members (excludes halogenated alkanes) is 1. The molecule has 0 aliphatic carbocycles. The van der Waals surface area contributed by atoms with Gasteiger partial charge in [0.25, 0.3) is 0 Å². The second kappa shape index (κ2) is 4.71. The van der Waals surface area contributed by atoms with Crippen LogP contribution in [0.2, 0.25) is 0 Å². The Hall–Kier alpha value is -1.23. The van der Waals surface area contributed by atoms with E-state index in [4.69, 9.17) is 5.26 Å². The van der Waals surface area contributed by atoms with Gasteiger partial charge in [0.2, 0.25) is 0 Å². The number of nitriles is 1. The highest BCUT2D eigenvalue weighted by Gasteiger charge is 2.02. The highest BCUT2D eigenvalue weighted by atomic mass is 15.0. The molecule has 1 aromatic heterocycles. The van der Waals surface area contributed by atoms with E-state index in [0.29, 0.717) is 0 Å². The Morgan fingerprint density at radius 2 is 2.23 bits per heavy atom. The minimum absolute atomic E-state index is 0.797. The third-order valence-electron chi connectivity index (χ3n) is 2.23. The van der Waals surface area contributed by atoms with Crippen LogP contribution in [0.4, 0.5) is 0 Å². The first kappa shape index (κ1) is 9.85. The monoisotopic (exact) mass is 176 g/mol. The second-order valence-corrected chi connectivity index (χ2v) is 3.25. The summed E-state index contributed by atoms with van der Waals surface area (Å²) in [4.78, 5) is 0. The van der Waals surface area contributed by atoms with Gasteiger partial charge in [-0.15, -0.1) is 0 Å². The van der Waals surface area contributed by atoms with E-state index in [1.165, 1.54) is 12.0 Å². The van der Waals surface area contributed by atoms with Gasteiger partial charge < -0.3 is 4.57 Å². The Labute approximate surface area is 79.8 Å². The fourth-order valence-electron chi connectivity index (χ4n) is 1.37. The Morgan fingerprint density at radius 3 is 2.77 bits per heavy atom. The summed E-state index contributed by atoms with van der Waals surface area (Å²) in [6.07, 6.45) is 5.42. The molecule has 0 amide bonds. The first-order valence-electron chi connectivity index (χ1n) is 4.91. The summed E-state index contributed by atoms with van der Waals surface area (Å²) in [6.45, 7) is 5.25. The van der Waals surface area contributed by atoms with Crippen molar-refractivity contribution < 1.29 is 0 Å². The molecule has 70 valence electrons. The summed E-state index contributed by atoms with van der Waals surface area (Å²) in [7, 11) is 0. The Morgan fingerprint density at radius 1 is 1.46 bits per heavy atom. The van der Waals surface area contributed by atoms with Crippen molar-refractivity contribution in [2.75, 3.05) is 0 Å². The molecule has 13 heavy (non-hydrogen) atoms. The van der Waals surface area contributed by atoms with Gasteiger partial charge in [-0.25, -0.2) is 0 Å². The highest BCUT2D eigenvalue weighted by molar-refractivity contribution is 5.28. The molecule has 0 spiro atoms. The van der Waals surface area contributed by atoms with E-state index in [9.17, 15) is 0 Å². The van der Waals surface area contributed by atoms with E-state index in [2.05, 4.69) is 30.7 Å². The zero-order chi connectivity index (χ0) is 9.68. The van der Waals surface area contributed by atoms with Crippen LogP contribution in [0.1, 0.15) is 37.9 Å². The van der Waals surface area contributed by atoms with Crippen molar-refractivity contribution in [2.24, 2.45) is 0 Å². The first-order chi connectivity index (χ1) is 6.31. The average Bonchev–Trinajstić information content (AvgIpc) is 2.57. The Kier molecular flexibility index (Phi) is 3.57. The van der Waals surface area contributed by atoms with Crippen LogP contribution in [-0.4, -0.2) is 4.57 Å². The molecule has 0 unspecified atom stereocenters. The van der Waals surface area contributed by atoms with Gasteiger partial charge in [-0.2, -0.15) is 5.26 Å². The molecule has 0 atom stereocenters. The molecule has 0 radical (unpaired) electrons. The molecule has 0 bridgehead atoms. The molecule has 2 nitrogen and oxygen atoms in total.